The lowest BCUT2D eigenvalue weighted by Gasteiger charge is -2.11. The molecule has 0 aromatic carbocycles. The second-order valence-corrected chi connectivity index (χ2v) is 3.78. The van der Waals surface area contributed by atoms with E-state index in [0.717, 1.165) is 11.7 Å². The molecule has 1 unspecified atom stereocenters. The molecule has 0 aliphatic rings. The Morgan fingerprint density at radius 1 is 1.40 bits per heavy atom. The molecule has 0 nitrogen and oxygen atoms in total. The topological polar surface area (TPSA) is 0 Å². The van der Waals surface area contributed by atoms with Gasteiger partial charge < -0.3 is 0 Å². The molecule has 0 saturated carbocycles. The van der Waals surface area contributed by atoms with Crippen LogP contribution in [-0.4, -0.2) is 11.5 Å². The van der Waals surface area contributed by atoms with E-state index in [1.807, 2.05) is 11.8 Å². The molecule has 0 amide bonds. The molecule has 1 radical (unpaired) electrons. The summed E-state index contributed by atoms with van der Waals surface area (Å²) in [4.78, 5) is 0. The van der Waals surface area contributed by atoms with Crippen molar-refractivity contribution in [3.63, 3.8) is 0 Å². The average molecular weight is 159 g/mol. The first-order chi connectivity index (χ1) is 4.85. The largest absolute Gasteiger partial charge is 0.162 e. The minimum atomic E-state index is 0.873. The number of hydrogen-bond donors (Lipinski definition) is 0. The normalized spacial score (nSPS) is 13.5. The summed E-state index contributed by atoms with van der Waals surface area (Å²) in [5, 5.41) is 0.873. The van der Waals surface area contributed by atoms with Crippen molar-refractivity contribution in [3.05, 3.63) is 6.92 Å². The van der Waals surface area contributed by atoms with Crippen molar-refractivity contribution < 1.29 is 0 Å². The summed E-state index contributed by atoms with van der Waals surface area (Å²) in [6, 6.07) is 0. The zero-order chi connectivity index (χ0) is 7.82. The standard InChI is InChI=1S/C9H19S/c1-4-6-8-9(10-3)7-5-2/h9H,2,4-8H2,1,3H3. The van der Waals surface area contributed by atoms with E-state index < -0.39 is 0 Å². The van der Waals surface area contributed by atoms with Gasteiger partial charge in [0.2, 0.25) is 0 Å². The molecule has 0 aliphatic carbocycles. The molecular weight excluding hydrogens is 140 g/mol. The van der Waals surface area contributed by atoms with Crippen molar-refractivity contribution in [3.8, 4) is 0 Å². The molecule has 0 spiro atoms. The highest BCUT2D eigenvalue weighted by Gasteiger charge is 2.03. The predicted octanol–water partition coefficient (Wildman–Crippen LogP) is 3.52. The molecular formula is C9H19S. The van der Waals surface area contributed by atoms with Crippen molar-refractivity contribution in [1.82, 2.24) is 0 Å². The van der Waals surface area contributed by atoms with E-state index >= 15 is 0 Å². The van der Waals surface area contributed by atoms with Gasteiger partial charge in [-0.15, -0.1) is 0 Å². The number of rotatable bonds is 6. The first kappa shape index (κ1) is 10.3. The molecule has 0 N–H and O–H groups in total. The fourth-order valence-electron chi connectivity index (χ4n) is 1.04. The van der Waals surface area contributed by atoms with Gasteiger partial charge in [-0.25, -0.2) is 0 Å². The van der Waals surface area contributed by atoms with Gasteiger partial charge in [-0.2, -0.15) is 11.8 Å². The van der Waals surface area contributed by atoms with Crippen LogP contribution in [0.5, 0.6) is 0 Å². The highest BCUT2D eigenvalue weighted by Crippen LogP contribution is 2.18. The maximum Gasteiger partial charge on any atom is 0.00442 e. The third kappa shape index (κ3) is 5.16. The average Bonchev–Trinajstić information content (AvgIpc) is 1.98. The van der Waals surface area contributed by atoms with Gasteiger partial charge in [-0.05, 0) is 19.1 Å². The van der Waals surface area contributed by atoms with Gasteiger partial charge in [0.05, 0.1) is 0 Å². The van der Waals surface area contributed by atoms with Crippen molar-refractivity contribution >= 4 is 11.8 Å². The predicted molar refractivity (Wildman–Crippen MR) is 51.4 cm³/mol. The molecule has 61 valence electrons. The summed E-state index contributed by atoms with van der Waals surface area (Å²) in [5.74, 6) is 0. The van der Waals surface area contributed by atoms with Crippen LogP contribution in [0.2, 0.25) is 0 Å². The van der Waals surface area contributed by atoms with Crippen LogP contribution in [0.25, 0.3) is 0 Å². The molecule has 0 rings (SSSR count). The summed E-state index contributed by atoms with van der Waals surface area (Å²) in [7, 11) is 0. The third-order valence-electron chi connectivity index (χ3n) is 1.74. The van der Waals surface area contributed by atoms with E-state index in [1.54, 1.807) is 0 Å². The highest BCUT2D eigenvalue weighted by molar-refractivity contribution is 7.99. The molecule has 0 fully saturated rings. The molecule has 0 saturated heterocycles. The van der Waals surface area contributed by atoms with Crippen LogP contribution >= 0.6 is 11.8 Å². The molecule has 1 heteroatoms. The van der Waals surface area contributed by atoms with Gasteiger partial charge in [0.25, 0.3) is 0 Å². The van der Waals surface area contributed by atoms with Crippen LogP contribution < -0.4 is 0 Å². The molecule has 0 aromatic rings. The van der Waals surface area contributed by atoms with E-state index in [0.29, 0.717) is 0 Å². The molecule has 0 bridgehead atoms. The smallest absolute Gasteiger partial charge is 0.00442 e. The Labute approximate surface area is 69.8 Å². The maximum atomic E-state index is 3.87. The zero-order valence-corrected chi connectivity index (χ0v) is 8.04. The van der Waals surface area contributed by atoms with Crippen molar-refractivity contribution in [2.45, 2.75) is 44.3 Å². The Balaban J connectivity index is 3.21. The summed E-state index contributed by atoms with van der Waals surface area (Å²) in [6.45, 7) is 6.12. The van der Waals surface area contributed by atoms with E-state index in [9.17, 15) is 0 Å². The van der Waals surface area contributed by atoms with Crippen LogP contribution in [0.4, 0.5) is 0 Å². The second kappa shape index (κ2) is 7.46. The highest BCUT2D eigenvalue weighted by atomic mass is 32.2. The molecule has 0 heterocycles. The number of unbranched alkanes of at least 4 members (excludes halogenated alkanes) is 1. The molecule has 0 aromatic heterocycles. The van der Waals surface area contributed by atoms with Crippen LogP contribution in [-0.2, 0) is 0 Å². The van der Waals surface area contributed by atoms with Crippen LogP contribution in [0.15, 0.2) is 0 Å². The Morgan fingerprint density at radius 3 is 2.50 bits per heavy atom. The Hall–Kier alpha value is 0.350. The Bertz CT molecular complexity index is 61.7. The number of thioether (sulfide) groups is 1. The summed E-state index contributed by atoms with van der Waals surface area (Å²) >= 11 is 1.99. The van der Waals surface area contributed by atoms with Crippen molar-refractivity contribution in [2.75, 3.05) is 6.26 Å². The van der Waals surface area contributed by atoms with Gasteiger partial charge in [0, 0.05) is 5.25 Å². The lowest BCUT2D eigenvalue weighted by atomic mass is 10.1. The molecule has 0 aliphatic heterocycles. The molecule has 10 heavy (non-hydrogen) atoms. The fourth-order valence-corrected chi connectivity index (χ4v) is 1.84. The Kier molecular flexibility index (Phi) is 7.72. The summed E-state index contributed by atoms with van der Waals surface area (Å²) in [6.07, 6.45) is 8.68. The van der Waals surface area contributed by atoms with Gasteiger partial charge in [-0.3, -0.25) is 0 Å². The number of hydrogen-bond acceptors (Lipinski definition) is 1. The second-order valence-electron chi connectivity index (χ2n) is 2.64. The van der Waals surface area contributed by atoms with E-state index in [2.05, 4.69) is 20.1 Å². The minimum Gasteiger partial charge on any atom is -0.162 e. The summed E-state index contributed by atoms with van der Waals surface area (Å²) in [5.41, 5.74) is 0. The molecule has 1 atom stereocenters. The lowest BCUT2D eigenvalue weighted by molar-refractivity contribution is 0.652. The monoisotopic (exact) mass is 159 g/mol. The van der Waals surface area contributed by atoms with Gasteiger partial charge in [-0.1, -0.05) is 33.1 Å². The SMILES string of the molecule is [CH2]CCC(CCCC)SC. The lowest BCUT2D eigenvalue weighted by Crippen LogP contribution is -2.00. The van der Waals surface area contributed by atoms with E-state index in [1.165, 1.54) is 25.7 Å². The van der Waals surface area contributed by atoms with Gasteiger partial charge in [0.15, 0.2) is 0 Å². The first-order valence-electron chi connectivity index (χ1n) is 4.17. The minimum absolute atomic E-state index is 0.873. The van der Waals surface area contributed by atoms with Crippen molar-refractivity contribution in [1.29, 1.82) is 0 Å². The van der Waals surface area contributed by atoms with Crippen molar-refractivity contribution in [2.24, 2.45) is 0 Å². The van der Waals surface area contributed by atoms with Crippen LogP contribution in [0.3, 0.4) is 0 Å². The van der Waals surface area contributed by atoms with Gasteiger partial charge in [0.1, 0.15) is 0 Å². The fraction of sp³-hybridized carbons (Fsp3) is 0.889. The Morgan fingerprint density at radius 2 is 2.10 bits per heavy atom. The third-order valence-corrected chi connectivity index (χ3v) is 2.88. The van der Waals surface area contributed by atoms with Crippen LogP contribution in [0.1, 0.15) is 39.0 Å². The van der Waals surface area contributed by atoms with Crippen LogP contribution in [0, 0.1) is 6.92 Å². The maximum absolute atomic E-state index is 3.87. The quantitative estimate of drug-likeness (QED) is 0.571. The van der Waals surface area contributed by atoms with E-state index in [-0.39, 0.29) is 0 Å². The summed E-state index contributed by atoms with van der Waals surface area (Å²) < 4.78 is 0. The van der Waals surface area contributed by atoms with E-state index in [4.69, 9.17) is 0 Å². The zero-order valence-electron chi connectivity index (χ0n) is 7.23. The van der Waals surface area contributed by atoms with Gasteiger partial charge >= 0.3 is 0 Å². The first-order valence-corrected chi connectivity index (χ1v) is 5.46.